The minimum absolute atomic E-state index is 0.490. The lowest BCUT2D eigenvalue weighted by atomic mass is 10.0. The normalized spacial score (nSPS) is 10.5. The number of ether oxygens (including phenoxy) is 1. The fourth-order valence-electron chi connectivity index (χ4n) is 1.80. The number of nitrogens with two attached hydrogens (primary N) is 1. The maximum atomic E-state index is 13.0. The van der Waals surface area contributed by atoms with E-state index in [2.05, 4.69) is 5.10 Å². The highest BCUT2D eigenvalue weighted by Crippen LogP contribution is 2.36. The lowest BCUT2D eigenvalue weighted by molar-refractivity contribution is 0.414. The number of alkyl halides is 1. The second-order valence-corrected chi connectivity index (χ2v) is 3.70. The summed E-state index contributed by atoms with van der Waals surface area (Å²) < 4.78 is 19.8. The molecule has 2 rings (SSSR count). The van der Waals surface area contributed by atoms with Crippen molar-refractivity contribution in [2.45, 2.75) is 6.67 Å². The molecule has 2 N–H and O–H groups in total. The molecule has 1 heterocycles. The van der Waals surface area contributed by atoms with Gasteiger partial charge in [0.15, 0.2) is 0 Å². The van der Waals surface area contributed by atoms with Gasteiger partial charge in [-0.2, -0.15) is 5.10 Å². The number of anilines is 1. The van der Waals surface area contributed by atoms with E-state index in [1.807, 2.05) is 0 Å². The van der Waals surface area contributed by atoms with Gasteiger partial charge in [0.2, 0.25) is 0 Å². The topological polar surface area (TPSA) is 53.1 Å². The summed E-state index contributed by atoms with van der Waals surface area (Å²) in [5, 5.41) is 4.06. The Kier molecular flexibility index (Phi) is 2.99. The summed E-state index contributed by atoms with van der Waals surface area (Å²) in [5.74, 6) is 1.09. The summed E-state index contributed by atoms with van der Waals surface area (Å²) in [4.78, 5) is 0. The highest BCUT2D eigenvalue weighted by Gasteiger charge is 2.16. The quantitative estimate of drug-likeness (QED) is 0.886. The van der Waals surface area contributed by atoms with E-state index in [0.29, 0.717) is 28.3 Å². The zero-order chi connectivity index (χ0) is 12.4. The van der Waals surface area contributed by atoms with Gasteiger partial charge < -0.3 is 10.5 Å². The molecular formula is C12H14FN3O. The van der Waals surface area contributed by atoms with Crippen LogP contribution in [-0.2, 0) is 13.7 Å². The van der Waals surface area contributed by atoms with Crippen LogP contribution in [-0.4, -0.2) is 16.9 Å². The van der Waals surface area contributed by atoms with E-state index in [1.165, 1.54) is 0 Å². The number of halogens is 1. The Labute approximate surface area is 98.8 Å². The molecule has 1 aromatic carbocycles. The molecule has 0 unspecified atom stereocenters. The van der Waals surface area contributed by atoms with Crippen LogP contribution in [0.3, 0.4) is 0 Å². The zero-order valence-electron chi connectivity index (χ0n) is 9.77. The van der Waals surface area contributed by atoms with Crippen molar-refractivity contribution < 1.29 is 9.13 Å². The zero-order valence-corrected chi connectivity index (χ0v) is 9.77. The van der Waals surface area contributed by atoms with E-state index in [9.17, 15) is 4.39 Å². The molecule has 0 saturated carbocycles. The molecule has 0 fully saturated rings. The van der Waals surface area contributed by atoms with E-state index in [0.717, 1.165) is 0 Å². The average molecular weight is 235 g/mol. The van der Waals surface area contributed by atoms with Crippen LogP contribution in [0.1, 0.15) is 5.56 Å². The van der Waals surface area contributed by atoms with E-state index in [4.69, 9.17) is 10.5 Å². The van der Waals surface area contributed by atoms with Crippen molar-refractivity contribution in [2.75, 3.05) is 12.8 Å². The van der Waals surface area contributed by atoms with Gasteiger partial charge in [-0.05, 0) is 11.6 Å². The standard InChI is InChI=1S/C12H14FN3O/c1-16-12(14)9(7-15-16)11-8(6-13)4-3-5-10(11)17-2/h3-5,7H,6,14H2,1-2H3. The molecule has 0 aliphatic rings. The largest absolute Gasteiger partial charge is 0.496 e. The Balaban J connectivity index is 2.68. The number of nitrogens with zero attached hydrogens (tertiary/aromatic N) is 2. The maximum absolute atomic E-state index is 13.0. The molecule has 2 aromatic rings. The lowest BCUT2D eigenvalue weighted by Crippen LogP contribution is -1.99. The molecular weight excluding hydrogens is 221 g/mol. The fourth-order valence-corrected chi connectivity index (χ4v) is 1.80. The Morgan fingerprint density at radius 2 is 2.24 bits per heavy atom. The minimum atomic E-state index is -0.569. The summed E-state index contributed by atoms with van der Waals surface area (Å²) in [5.41, 5.74) is 7.81. The SMILES string of the molecule is COc1cccc(CF)c1-c1cnn(C)c1N. The number of rotatable bonds is 3. The van der Waals surface area contributed by atoms with Crippen molar-refractivity contribution >= 4 is 5.82 Å². The molecule has 0 spiro atoms. The second kappa shape index (κ2) is 4.45. The molecule has 0 bridgehead atoms. The second-order valence-electron chi connectivity index (χ2n) is 3.70. The van der Waals surface area contributed by atoms with E-state index in [1.54, 1.807) is 43.2 Å². The fraction of sp³-hybridized carbons (Fsp3) is 0.250. The van der Waals surface area contributed by atoms with E-state index >= 15 is 0 Å². The van der Waals surface area contributed by atoms with Gasteiger partial charge in [-0.25, -0.2) is 4.39 Å². The van der Waals surface area contributed by atoms with Crippen LogP contribution in [0, 0.1) is 0 Å². The van der Waals surface area contributed by atoms with Crippen LogP contribution in [0.15, 0.2) is 24.4 Å². The van der Waals surface area contributed by atoms with Crippen molar-refractivity contribution in [3.63, 3.8) is 0 Å². The van der Waals surface area contributed by atoms with Gasteiger partial charge in [0.05, 0.1) is 13.3 Å². The molecule has 0 radical (unpaired) electrons. The first-order valence-corrected chi connectivity index (χ1v) is 5.18. The average Bonchev–Trinajstić information content (AvgIpc) is 2.69. The highest BCUT2D eigenvalue weighted by molar-refractivity contribution is 5.80. The molecule has 4 nitrogen and oxygen atoms in total. The van der Waals surface area contributed by atoms with Crippen molar-refractivity contribution in [3.8, 4) is 16.9 Å². The Bertz CT molecular complexity index is 514. The van der Waals surface area contributed by atoms with Gasteiger partial charge in [-0.1, -0.05) is 12.1 Å². The first-order chi connectivity index (χ1) is 8.19. The molecule has 5 heteroatoms. The smallest absolute Gasteiger partial charge is 0.129 e. The third kappa shape index (κ3) is 1.84. The molecule has 0 aliphatic carbocycles. The third-order valence-electron chi connectivity index (χ3n) is 2.73. The van der Waals surface area contributed by atoms with Crippen LogP contribution < -0.4 is 10.5 Å². The number of hydrogen-bond donors (Lipinski definition) is 1. The highest BCUT2D eigenvalue weighted by atomic mass is 19.1. The number of methoxy groups -OCH3 is 1. The van der Waals surface area contributed by atoms with Crippen LogP contribution in [0.25, 0.3) is 11.1 Å². The van der Waals surface area contributed by atoms with E-state index in [-0.39, 0.29) is 0 Å². The summed E-state index contributed by atoms with van der Waals surface area (Å²) >= 11 is 0. The van der Waals surface area contributed by atoms with Gasteiger partial charge >= 0.3 is 0 Å². The van der Waals surface area contributed by atoms with Crippen LogP contribution in [0.4, 0.5) is 10.2 Å². The maximum Gasteiger partial charge on any atom is 0.129 e. The van der Waals surface area contributed by atoms with Gasteiger partial charge in [-0.15, -0.1) is 0 Å². The molecule has 1 aromatic heterocycles. The van der Waals surface area contributed by atoms with Gasteiger partial charge in [-0.3, -0.25) is 4.68 Å². The van der Waals surface area contributed by atoms with Crippen molar-refractivity contribution in [1.29, 1.82) is 0 Å². The van der Waals surface area contributed by atoms with Crippen molar-refractivity contribution in [1.82, 2.24) is 9.78 Å². The summed E-state index contributed by atoms with van der Waals surface area (Å²) in [6.45, 7) is -0.569. The van der Waals surface area contributed by atoms with Crippen molar-refractivity contribution in [2.24, 2.45) is 7.05 Å². The monoisotopic (exact) mass is 235 g/mol. The first-order valence-electron chi connectivity index (χ1n) is 5.18. The Morgan fingerprint density at radius 1 is 1.47 bits per heavy atom. The van der Waals surface area contributed by atoms with Crippen LogP contribution >= 0.6 is 0 Å². The minimum Gasteiger partial charge on any atom is -0.496 e. The molecule has 0 amide bonds. The summed E-state index contributed by atoms with van der Waals surface area (Å²) in [6.07, 6.45) is 1.62. The predicted octanol–water partition coefficient (Wildman–Crippen LogP) is 2.15. The van der Waals surface area contributed by atoms with E-state index < -0.39 is 6.67 Å². The third-order valence-corrected chi connectivity index (χ3v) is 2.73. The summed E-state index contributed by atoms with van der Waals surface area (Å²) in [6, 6.07) is 5.25. The predicted molar refractivity (Wildman–Crippen MR) is 64.4 cm³/mol. The Morgan fingerprint density at radius 3 is 2.76 bits per heavy atom. The van der Waals surface area contributed by atoms with Gasteiger partial charge in [0, 0.05) is 18.2 Å². The summed E-state index contributed by atoms with van der Waals surface area (Å²) in [7, 11) is 3.29. The number of aryl methyl sites for hydroxylation is 1. The number of benzene rings is 1. The lowest BCUT2D eigenvalue weighted by Gasteiger charge is -2.11. The molecule has 0 atom stereocenters. The first kappa shape index (κ1) is 11.4. The number of aromatic nitrogens is 2. The molecule has 17 heavy (non-hydrogen) atoms. The van der Waals surface area contributed by atoms with Gasteiger partial charge in [0.1, 0.15) is 18.2 Å². The molecule has 90 valence electrons. The Hall–Kier alpha value is -2.04. The van der Waals surface area contributed by atoms with Gasteiger partial charge in [0.25, 0.3) is 0 Å². The van der Waals surface area contributed by atoms with Crippen molar-refractivity contribution in [3.05, 3.63) is 30.0 Å². The van der Waals surface area contributed by atoms with Crippen LogP contribution in [0.5, 0.6) is 5.75 Å². The number of hydrogen-bond acceptors (Lipinski definition) is 3. The van der Waals surface area contributed by atoms with Crippen LogP contribution in [0.2, 0.25) is 0 Å². The number of nitrogen functional groups attached to an aromatic ring is 1. The molecule has 0 saturated heterocycles. The molecule has 0 aliphatic heterocycles.